The van der Waals surface area contributed by atoms with Crippen molar-refractivity contribution < 1.29 is 81.2 Å². The van der Waals surface area contributed by atoms with E-state index in [4.69, 9.17) is 34.2 Å². The van der Waals surface area contributed by atoms with Crippen LogP contribution in [0.25, 0.3) is 0 Å². The van der Waals surface area contributed by atoms with Gasteiger partial charge in [0.25, 0.3) is 17.7 Å². The Morgan fingerprint density at radius 1 is 0.788 bits per heavy atom. The number of nitrogens with one attached hydrogen (secondary N) is 6. The van der Waals surface area contributed by atoms with Gasteiger partial charge in [-0.25, -0.2) is 19.6 Å². The van der Waals surface area contributed by atoms with Crippen LogP contribution in [0.2, 0.25) is 0 Å². The van der Waals surface area contributed by atoms with Gasteiger partial charge in [0, 0.05) is 76.4 Å². The van der Waals surface area contributed by atoms with Gasteiger partial charge in [0.2, 0.25) is 35.4 Å². The third kappa shape index (κ3) is 25.7. The number of aromatic nitrogens is 1. The van der Waals surface area contributed by atoms with Crippen LogP contribution in [0.15, 0.2) is 83.3 Å². The van der Waals surface area contributed by atoms with Crippen molar-refractivity contribution in [1.82, 2.24) is 46.3 Å². The first kappa shape index (κ1) is 84.4. The molecular formula is C74H108N12O17S. The van der Waals surface area contributed by atoms with Crippen LogP contribution in [-0.2, 0) is 84.6 Å². The van der Waals surface area contributed by atoms with Gasteiger partial charge in [0.05, 0.1) is 94.8 Å². The fraction of sp³-hybridized carbons (Fsp3) is 0.608. The number of carbonyl (C=O) groups excluding carboxylic acids is 11. The second kappa shape index (κ2) is 43.0. The van der Waals surface area contributed by atoms with Crippen LogP contribution in [0.3, 0.4) is 0 Å². The van der Waals surface area contributed by atoms with Gasteiger partial charge in [-0.05, 0) is 86.0 Å². The summed E-state index contributed by atoms with van der Waals surface area (Å²) in [5, 5.41) is 19.4. The van der Waals surface area contributed by atoms with Crippen LogP contribution >= 0.6 is 11.3 Å². The van der Waals surface area contributed by atoms with E-state index < -0.39 is 95.4 Å². The highest BCUT2D eigenvalue weighted by atomic mass is 32.1. The Labute approximate surface area is 614 Å². The van der Waals surface area contributed by atoms with E-state index in [9.17, 15) is 52.7 Å². The maximum atomic E-state index is 14.8. The Morgan fingerprint density at radius 2 is 1.45 bits per heavy atom. The van der Waals surface area contributed by atoms with Crippen molar-refractivity contribution in [3.8, 4) is 0 Å². The van der Waals surface area contributed by atoms with E-state index in [1.807, 2.05) is 70.3 Å². The summed E-state index contributed by atoms with van der Waals surface area (Å²) in [6, 6.07) is 12.0. The number of imide groups is 1. The Morgan fingerprint density at radius 3 is 2.06 bits per heavy atom. The Bertz CT molecular complexity index is 3340. The molecule has 3 heterocycles. The van der Waals surface area contributed by atoms with Crippen molar-refractivity contribution in [3.05, 3.63) is 94.5 Å². The minimum Gasteiger partial charge on any atom is -0.445 e. The van der Waals surface area contributed by atoms with Crippen LogP contribution in [0.1, 0.15) is 141 Å². The third-order valence-corrected chi connectivity index (χ3v) is 20.1. The molecule has 10 atom stereocenters. The predicted octanol–water partition coefficient (Wildman–Crippen LogP) is 5.95. The number of anilines is 1. The highest BCUT2D eigenvalue weighted by molar-refractivity contribution is 7.09. The largest absolute Gasteiger partial charge is 0.445 e. The van der Waals surface area contributed by atoms with E-state index in [1.165, 1.54) is 36.8 Å². The van der Waals surface area contributed by atoms with Gasteiger partial charge in [0.1, 0.15) is 29.2 Å². The van der Waals surface area contributed by atoms with Gasteiger partial charge in [0.15, 0.2) is 0 Å². The molecule has 1 aromatic heterocycles. The lowest BCUT2D eigenvalue weighted by molar-refractivity contribution is -0.147. The molecule has 3 aliphatic rings. The summed E-state index contributed by atoms with van der Waals surface area (Å²) in [5.41, 5.74) is 5.78. The number of nitrogens with two attached hydrogens (primary N) is 1. The first-order valence-electron chi connectivity index (χ1n) is 36.0. The summed E-state index contributed by atoms with van der Waals surface area (Å²) in [6.45, 7) is 14.6. The van der Waals surface area contributed by atoms with Crippen molar-refractivity contribution in [2.24, 2.45) is 40.3 Å². The van der Waals surface area contributed by atoms with Crippen molar-refractivity contribution in [1.29, 1.82) is 0 Å². The smallest absolute Gasteiger partial charge is 0.408 e. The van der Waals surface area contributed by atoms with E-state index >= 15 is 0 Å². The lowest BCUT2D eigenvalue weighted by Crippen LogP contribution is -2.54. The zero-order valence-corrected chi connectivity index (χ0v) is 62.5. The number of primary amides is 1. The molecule has 6 rings (SSSR count). The van der Waals surface area contributed by atoms with Crippen molar-refractivity contribution in [2.45, 2.75) is 180 Å². The minimum atomic E-state index is -1.40. The van der Waals surface area contributed by atoms with E-state index in [1.54, 1.807) is 68.3 Å². The minimum absolute atomic E-state index is 0.0333. The van der Waals surface area contributed by atoms with E-state index in [0.717, 1.165) is 15.5 Å². The number of hydrogen-bond acceptors (Lipinski definition) is 19. The number of carbonyl (C=O) groups is 11. The summed E-state index contributed by atoms with van der Waals surface area (Å²) < 4.78 is 34.3. The number of aliphatic imine (C=N–C) groups is 1. The second-order valence-corrected chi connectivity index (χ2v) is 28.2. The van der Waals surface area contributed by atoms with E-state index in [0.29, 0.717) is 56.3 Å². The molecule has 0 spiro atoms. The molecule has 1 saturated heterocycles. The second-order valence-electron chi connectivity index (χ2n) is 27.3. The number of thiazole rings is 1. The Hall–Kier alpha value is -8.55. The molecule has 8 N–H and O–H groups in total. The summed E-state index contributed by atoms with van der Waals surface area (Å²) in [4.78, 5) is 160. The monoisotopic (exact) mass is 1470 g/mol. The van der Waals surface area contributed by atoms with E-state index in [-0.39, 0.29) is 145 Å². The van der Waals surface area contributed by atoms with Gasteiger partial charge in [-0.15, -0.1) is 11.3 Å². The number of likely N-dealkylation sites (tertiary alicyclic amines) is 1. The molecule has 1 aliphatic carbocycles. The number of amides is 12. The number of urea groups is 1. The van der Waals surface area contributed by atoms with Crippen molar-refractivity contribution in [2.75, 3.05) is 85.9 Å². The fourth-order valence-corrected chi connectivity index (χ4v) is 13.8. The number of methoxy groups -OCH3 is 2. The number of ether oxygens (including phenoxy) is 6. The predicted molar refractivity (Wildman–Crippen MR) is 389 cm³/mol. The highest BCUT2D eigenvalue weighted by Crippen LogP contribution is 2.34. The number of benzene rings is 2. The topological polar surface area (TPSA) is 376 Å². The zero-order chi connectivity index (χ0) is 75.9. The molecule has 572 valence electrons. The third-order valence-electron chi connectivity index (χ3n) is 19.2. The number of likely N-dealkylation sites (N-methyl/N-ethyl adjacent to an activating group) is 1. The number of hydrogen-bond donors (Lipinski definition) is 7. The molecule has 1 saturated carbocycles. The average Bonchev–Trinajstić information content (AvgIpc) is 1.49. The molecule has 3 aromatic rings. The number of nitrogens with zero attached hydrogens (tertiary/aromatic N) is 5. The first-order chi connectivity index (χ1) is 49.8. The Kier molecular flexibility index (Phi) is 34.9. The maximum absolute atomic E-state index is 14.8. The van der Waals surface area contributed by atoms with Gasteiger partial charge in [-0.2, -0.15) is 0 Å². The van der Waals surface area contributed by atoms with E-state index in [2.05, 4.69) is 41.9 Å². The first-order valence-corrected chi connectivity index (χ1v) is 36.9. The summed E-state index contributed by atoms with van der Waals surface area (Å²) in [6.07, 6.45) is 7.79. The van der Waals surface area contributed by atoms with Crippen LogP contribution in [0, 0.1) is 29.6 Å². The molecule has 2 fully saturated rings. The standard InChI is InChI=1S/C74H108N12O17S/c1-11-49(6)64(58(98-9)44-62(90)85-34-18-22-57(85)65(99-10)50(7)66(91)81-56(69-76-33-42-104-69)43-51-19-13-12-14-20-51)84(8)70(94)54(47(2)3)45-78-71(95)74(30-15-16-31-74)83-73(97)103-46-52-23-25-53(26-24-52)79-67(92)55(21-17-32-77-72(75)96)80-68(93)63(48(4)5)82-59(87)29-36-100-38-40-102-41-39-101-37-35-86-60(88)27-28-61(86)89/h12-14,19-20,23-28,33,42,45,47-50,54-58,63-65H,11,15-18,21-22,29-32,34-41,43-44,46H2,1-10H3,(H,79,92)(H,80,93)(H,81,91)(H,82,87)(H,83,97)(H3,75,77,96)/b78-45+/t49-,50+,54?,55-,56-,57-,58+,63-,64-,65+/m0/s1. The van der Waals surface area contributed by atoms with Crippen LogP contribution < -0.4 is 37.6 Å². The SMILES string of the molecule is CC[C@H](C)[C@@H]([C@@H](CC(=O)N1CCC[C@H]1[C@H](OC)[C@@H](C)C(=O)N[C@@H](Cc1ccccc1)c1nccs1)OC)N(C)C(=O)C(/C=N/C(=O)C1(NC(=O)OCc2ccc(NC(=O)[C@H](CCCNC(N)=O)NC(=O)[C@@H](NC(=O)CCOCCOCCOCCN3C(=O)C=CC3=O)C(C)C)cc2)CCCC1)C(C)C. The summed E-state index contributed by atoms with van der Waals surface area (Å²) in [5.74, 6) is -6.19. The van der Waals surface area contributed by atoms with Crippen LogP contribution in [0.5, 0.6) is 0 Å². The molecular weight excluding hydrogens is 1360 g/mol. The van der Waals surface area contributed by atoms with Crippen molar-refractivity contribution >= 4 is 88.5 Å². The molecule has 1 unspecified atom stereocenters. The average molecular weight is 1470 g/mol. The summed E-state index contributed by atoms with van der Waals surface area (Å²) >= 11 is 1.47. The molecule has 2 aliphatic heterocycles. The Balaban J connectivity index is 0.993. The number of alkyl carbamates (subject to hydrolysis) is 1. The molecule has 30 heteroatoms. The van der Waals surface area contributed by atoms with Gasteiger partial charge in [-0.3, -0.25) is 48.1 Å². The molecule has 12 amide bonds. The highest BCUT2D eigenvalue weighted by Gasteiger charge is 2.45. The van der Waals surface area contributed by atoms with Gasteiger partial charge < -0.3 is 75.9 Å². The zero-order valence-electron chi connectivity index (χ0n) is 61.7. The van der Waals surface area contributed by atoms with Crippen LogP contribution in [0.4, 0.5) is 15.3 Å². The van der Waals surface area contributed by atoms with Gasteiger partial charge in [-0.1, -0.05) is 110 Å². The number of rotatable bonds is 44. The molecule has 29 nitrogen and oxygen atoms in total. The lowest BCUT2D eigenvalue weighted by Gasteiger charge is -2.40. The molecule has 0 radical (unpaired) electrons. The summed E-state index contributed by atoms with van der Waals surface area (Å²) in [7, 11) is 4.77. The van der Waals surface area contributed by atoms with Crippen LogP contribution in [-0.4, -0.2) is 214 Å². The lowest BCUT2D eigenvalue weighted by atomic mass is 9.88. The van der Waals surface area contributed by atoms with Gasteiger partial charge >= 0.3 is 12.1 Å². The molecule has 2 aromatic carbocycles. The normalized spacial score (nSPS) is 17.6. The quantitative estimate of drug-likeness (QED) is 0.0195. The maximum Gasteiger partial charge on any atom is 0.408 e. The fourth-order valence-electron chi connectivity index (χ4n) is 13.1. The molecule has 0 bridgehead atoms. The molecule has 104 heavy (non-hydrogen) atoms. The van der Waals surface area contributed by atoms with Crippen molar-refractivity contribution in [3.63, 3.8) is 0 Å².